The molecule has 150 valence electrons. The summed E-state index contributed by atoms with van der Waals surface area (Å²) >= 11 is 1.42. The van der Waals surface area contributed by atoms with Crippen LogP contribution in [0, 0.1) is 0 Å². The van der Waals surface area contributed by atoms with Gasteiger partial charge in [0.25, 0.3) is 0 Å². The lowest BCUT2D eigenvalue weighted by Gasteiger charge is -2.16. The molecule has 3 aromatic rings. The van der Waals surface area contributed by atoms with Crippen molar-refractivity contribution in [2.75, 3.05) is 12.3 Å². The molecule has 0 aliphatic carbocycles. The minimum Gasteiger partial charge on any atom is -0.387 e. The molecular formula is C14H16N5O7PS. The van der Waals surface area contributed by atoms with Crippen LogP contribution < -0.4 is 5.73 Å². The van der Waals surface area contributed by atoms with E-state index in [1.54, 1.807) is 0 Å². The summed E-state index contributed by atoms with van der Waals surface area (Å²) < 4.78 is 22.2. The van der Waals surface area contributed by atoms with Crippen LogP contribution in [-0.2, 0) is 13.8 Å². The largest absolute Gasteiger partial charge is 0.469 e. The number of imidazole rings is 1. The number of phosphoric ester groups is 1. The van der Waals surface area contributed by atoms with Crippen LogP contribution in [0.2, 0.25) is 0 Å². The average molecular weight is 429 g/mol. The number of nitrogen functional groups attached to an aromatic ring is 1. The van der Waals surface area contributed by atoms with Crippen LogP contribution >= 0.6 is 19.2 Å². The first kappa shape index (κ1) is 19.4. The van der Waals surface area contributed by atoms with Crippen LogP contribution in [0.15, 0.2) is 23.8 Å². The minimum absolute atomic E-state index is 0.140. The summed E-state index contributed by atoms with van der Waals surface area (Å²) in [6, 6.07) is 3.67. The van der Waals surface area contributed by atoms with Crippen molar-refractivity contribution in [3.63, 3.8) is 0 Å². The lowest BCUT2D eigenvalue weighted by Crippen LogP contribution is -2.33. The number of thiophene rings is 1. The molecule has 0 radical (unpaired) electrons. The molecule has 4 rings (SSSR count). The number of ether oxygens (including phenoxy) is 1. The van der Waals surface area contributed by atoms with E-state index in [0.717, 1.165) is 4.88 Å². The Labute approximate surface area is 161 Å². The molecule has 1 saturated heterocycles. The van der Waals surface area contributed by atoms with Crippen molar-refractivity contribution < 1.29 is 33.8 Å². The van der Waals surface area contributed by atoms with E-state index in [0.29, 0.717) is 11.3 Å². The number of anilines is 1. The second kappa shape index (κ2) is 7.13. The number of phosphoric acid groups is 1. The van der Waals surface area contributed by atoms with E-state index < -0.39 is 39.0 Å². The highest BCUT2D eigenvalue weighted by Crippen LogP contribution is 2.39. The highest BCUT2D eigenvalue weighted by Gasteiger charge is 2.45. The van der Waals surface area contributed by atoms with Gasteiger partial charge in [0.15, 0.2) is 23.5 Å². The number of aliphatic hydroxyl groups is 2. The van der Waals surface area contributed by atoms with E-state index in [4.69, 9.17) is 20.3 Å². The third-order valence-electron chi connectivity index (χ3n) is 4.21. The molecule has 14 heteroatoms. The standard InChI is InChI=1S/C14H16N5O7PS/c15-11-8-13(18-12(17-11)7-2-1-3-28-7)19(5-16-8)14-10(21)9(20)6(26-14)4-25-27(22,23)24/h1-3,5-6,9-10,14,20-21H,4H2,(H2,15,17,18)(H2,22,23,24)/t6-,9?,10?,14-/m1/s1. The maximum Gasteiger partial charge on any atom is 0.469 e. The average Bonchev–Trinajstić information content (AvgIpc) is 3.34. The van der Waals surface area contributed by atoms with Gasteiger partial charge < -0.3 is 30.5 Å². The SMILES string of the molecule is Nc1nc(-c2cccs2)nc2c1ncn2[C@@H]1O[C@H](COP(=O)(O)O)C(O)C1O. The lowest BCUT2D eigenvalue weighted by atomic mass is 10.1. The van der Waals surface area contributed by atoms with Gasteiger partial charge >= 0.3 is 7.82 Å². The smallest absolute Gasteiger partial charge is 0.387 e. The van der Waals surface area contributed by atoms with E-state index in [-0.39, 0.29) is 11.5 Å². The number of rotatable bonds is 5. The molecule has 0 bridgehead atoms. The number of nitrogens with two attached hydrogens (primary N) is 1. The Morgan fingerprint density at radius 1 is 1.32 bits per heavy atom. The molecule has 0 amide bonds. The van der Waals surface area contributed by atoms with Crippen LogP contribution in [0.3, 0.4) is 0 Å². The Bertz CT molecular complexity index is 1040. The highest BCUT2D eigenvalue weighted by atomic mass is 32.1. The molecule has 0 spiro atoms. The van der Waals surface area contributed by atoms with Crippen molar-refractivity contribution in [3.8, 4) is 10.7 Å². The zero-order valence-electron chi connectivity index (χ0n) is 14.1. The molecule has 1 aliphatic rings. The topological polar surface area (TPSA) is 186 Å². The molecule has 3 aromatic heterocycles. The van der Waals surface area contributed by atoms with Crippen LogP contribution in [0.4, 0.5) is 5.82 Å². The van der Waals surface area contributed by atoms with Crippen molar-refractivity contribution in [1.82, 2.24) is 19.5 Å². The van der Waals surface area contributed by atoms with Gasteiger partial charge in [0.2, 0.25) is 0 Å². The fraction of sp³-hybridized carbons (Fsp3) is 0.357. The van der Waals surface area contributed by atoms with Crippen LogP contribution in [0.1, 0.15) is 6.23 Å². The van der Waals surface area contributed by atoms with Crippen LogP contribution in [-0.4, -0.2) is 64.4 Å². The molecule has 6 N–H and O–H groups in total. The van der Waals surface area contributed by atoms with Gasteiger partial charge in [-0.25, -0.2) is 19.5 Å². The van der Waals surface area contributed by atoms with Gasteiger partial charge in [0.1, 0.15) is 23.8 Å². The van der Waals surface area contributed by atoms with E-state index >= 15 is 0 Å². The number of hydrogen-bond donors (Lipinski definition) is 5. The Hall–Kier alpha value is -1.96. The van der Waals surface area contributed by atoms with Crippen molar-refractivity contribution in [2.24, 2.45) is 0 Å². The Morgan fingerprint density at radius 3 is 2.79 bits per heavy atom. The van der Waals surface area contributed by atoms with Gasteiger partial charge in [0.05, 0.1) is 17.8 Å². The Balaban J connectivity index is 1.68. The van der Waals surface area contributed by atoms with Gasteiger partial charge in [-0.15, -0.1) is 11.3 Å². The van der Waals surface area contributed by atoms with Gasteiger partial charge in [-0.05, 0) is 11.4 Å². The number of fused-ring (bicyclic) bond motifs is 1. The molecule has 4 atom stereocenters. The third-order valence-corrected chi connectivity index (χ3v) is 5.56. The second-order valence-corrected chi connectivity index (χ2v) is 8.25. The zero-order chi connectivity index (χ0) is 20.1. The van der Waals surface area contributed by atoms with Crippen molar-refractivity contribution >= 4 is 36.1 Å². The van der Waals surface area contributed by atoms with E-state index in [9.17, 15) is 14.8 Å². The quantitative estimate of drug-likeness (QED) is 0.340. The summed E-state index contributed by atoms with van der Waals surface area (Å²) in [5.74, 6) is 0.512. The molecule has 12 nitrogen and oxygen atoms in total. The van der Waals surface area contributed by atoms with E-state index in [2.05, 4.69) is 19.5 Å². The van der Waals surface area contributed by atoms with E-state index in [1.165, 1.54) is 22.2 Å². The Morgan fingerprint density at radius 2 is 2.11 bits per heavy atom. The van der Waals surface area contributed by atoms with Crippen LogP contribution in [0.25, 0.3) is 21.9 Å². The van der Waals surface area contributed by atoms with Gasteiger partial charge in [-0.2, -0.15) is 0 Å². The predicted molar refractivity (Wildman–Crippen MR) is 97.0 cm³/mol. The molecule has 1 aliphatic heterocycles. The zero-order valence-corrected chi connectivity index (χ0v) is 15.8. The van der Waals surface area contributed by atoms with Crippen molar-refractivity contribution in [1.29, 1.82) is 0 Å². The first-order chi connectivity index (χ1) is 13.2. The van der Waals surface area contributed by atoms with Gasteiger partial charge in [-0.3, -0.25) is 9.09 Å². The van der Waals surface area contributed by atoms with E-state index in [1.807, 2.05) is 17.5 Å². The number of aromatic nitrogens is 4. The molecular weight excluding hydrogens is 413 g/mol. The molecule has 28 heavy (non-hydrogen) atoms. The summed E-state index contributed by atoms with van der Waals surface area (Å²) in [5, 5.41) is 22.4. The highest BCUT2D eigenvalue weighted by molar-refractivity contribution is 7.46. The predicted octanol–water partition coefficient (Wildman–Crippen LogP) is -0.135. The first-order valence-corrected chi connectivity index (χ1v) is 10.4. The number of aliphatic hydroxyl groups excluding tert-OH is 2. The first-order valence-electron chi connectivity index (χ1n) is 8.00. The van der Waals surface area contributed by atoms with Gasteiger partial charge in [0, 0.05) is 0 Å². The summed E-state index contributed by atoms with van der Waals surface area (Å²) in [6.45, 7) is -0.608. The fourth-order valence-corrected chi connectivity index (χ4v) is 3.91. The summed E-state index contributed by atoms with van der Waals surface area (Å²) in [4.78, 5) is 31.2. The molecule has 0 saturated carbocycles. The summed E-state index contributed by atoms with van der Waals surface area (Å²) in [7, 11) is -4.75. The van der Waals surface area contributed by atoms with Crippen molar-refractivity contribution in [3.05, 3.63) is 23.8 Å². The third kappa shape index (κ3) is 3.54. The molecule has 1 fully saturated rings. The summed E-state index contributed by atoms with van der Waals surface area (Å²) in [5.41, 5.74) is 6.55. The fourth-order valence-electron chi connectivity index (χ4n) is 2.91. The molecule has 0 aromatic carbocycles. The monoisotopic (exact) mass is 429 g/mol. The normalized spacial score (nSPS) is 25.6. The summed E-state index contributed by atoms with van der Waals surface area (Å²) in [6.07, 6.45) is -3.80. The second-order valence-electron chi connectivity index (χ2n) is 6.07. The molecule has 2 unspecified atom stereocenters. The Kier molecular flexibility index (Phi) is 4.93. The molecule has 4 heterocycles. The van der Waals surface area contributed by atoms with Crippen molar-refractivity contribution in [2.45, 2.75) is 24.5 Å². The minimum atomic E-state index is -4.75. The number of hydrogen-bond acceptors (Lipinski definition) is 10. The maximum absolute atomic E-state index is 10.9. The lowest BCUT2D eigenvalue weighted by molar-refractivity contribution is -0.0503. The van der Waals surface area contributed by atoms with Gasteiger partial charge in [-0.1, -0.05) is 6.07 Å². The van der Waals surface area contributed by atoms with Crippen LogP contribution in [0.5, 0.6) is 0 Å². The number of nitrogens with zero attached hydrogens (tertiary/aromatic N) is 4. The maximum atomic E-state index is 10.9.